The van der Waals surface area contributed by atoms with Gasteiger partial charge in [0.1, 0.15) is 17.9 Å². The number of unbranched alkanes of at least 4 members (excludes halogenated alkanes) is 1. The molecule has 5 nitrogen and oxygen atoms in total. The molecule has 0 saturated carbocycles. The van der Waals surface area contributed by atoms with Crippen LogP contribution in [0.5, 0.6) is 5.75 Å². The molecule has 0 heterocycles. The van der Waals surface area contributed by atoms with Gasteiger partial charge >= 0.3 is 5.97 Å². The Bertz CT molecular complexity index is 406. The summed E-state index contributed by atoms with van der Waals surface area (Å²) in [5.74, 6) is -0.0205. The summed E-state index contributed by atoms with van der Waals surface area (Å²) in [7, 11) is 1.49. The predicted molar refractivity (Wildman–Crippen MR) is 73.4 cm³/mol. The highest BCUT2D eigenvalue weighted by atomic mass is 16.6. The van der Waals surface area contributed by atoms with E-state index in [1.54, 1.807) is 18.2 Å². The zero-order valence-electron chi connectivity index (χ0n) is 11.5. The average molecular weight is 267 g/mol. The van der Waals surface area contributed by atoms with Crippen molar-refractivity contribution < 1.29 is 19.0 Å². The van der Waals surface area contributed by atoms with Gasteiger partial charge in [-0.1, -0.05) is 13.3 Å². The third kappa shape index (κ3) is 5.18. The van der Waals surface area contributed by atoms with Crippen molar-refractivity contribution in [2.24, 2.45) is 0 Å². The summed E-state index contributed by atoms with van der Waals surface area (Å²) in [6, 6.07) is 4.82. The number of carbonyl (C=O) groups is 1. The number of anilines is 1. The Labute approximate surface area is 113 Å². The molecule has 0 atom stereocenters. The van der Waals surface area contributed by atoms with E-state index >= 15 is 0 Å². The second-order valence-corrected chi connectivity index (χ2v) is 4.06. The van der Waals surface area contributed by atoms with Crippen molar-refractivity contribution in [1.29, 1.82) is 0 Å². The van der Waals surface area contributed by atoms with Crippen LogP contribution in [-0.4, -0.2) is 32.9 Å². The fourth-order valence-electron chi connectivity index (χ4n) is 1.50. The number of nitrogens with two attached hydrogens (primary N) is 1. The lowest BCUT2D eigenvalue weighted by Gasteiger charge is -2.09. The first-order chi connectivity index (χ1) is 9.19. The van der Waals surface area contributed by atoms with Crippen LogP contribution in [-0.2, 0) is 9.47 Å². The standard InChI is InChI=1S/C14H21NO4/c1-3-4-7-18-8-9-19-14(16)12-6-5-11(15)10-13(12)17-2/h5-6,10H,3-4,7-9,15H2,1-2H3. The van der Waals surface area contributed by atoms with Crippen LogP contribution in [0.3, 0.4) is 0 Å². The molecule has 1 aromatic carbocycles. The van der Waals surface area contributed by atoms with Gasteiger partial charge in [-0.15, -0.1) is 0 Å². The number of benzene rings is 1. The third-order valence-corrected chi connectivity index (χ3v) is 2.55. The van der Waals surface area contributed by atoms with E-state index in [1.165, 1.54) is 7.11 Å². The lowest BCUT2D eigenvalue weighted by molar-refractivity contribution is 0.0311. The summed E-state index contributed by atoms with van der Waals surface area (Å²) < 4.78 is 15.5. The topological polar surface area (TPSA) is 70.8 Å². The van der Waals surface area contributed by atoms with Crippen LogP contribution < -0.4 is 10.5 Å². The van der Waals surface area contributed by atoms with Crippen molar-refractivity contribution in [2.45, 2.75) is 19.8 Å². The van der Waals surface area contributed by atoms with Gasteiger partial charge in [-0.25, -0.2) is 4.79 Å². The molecule has 0 saturated heterocycles. The van der Waals surface area contributed by atoms with Crippen molar-refractivity contribution in [2.75, 3.05) is 32.7 Å². The van der Waals surface area contributed by atoms with Gasteiger partial charge in [-0.2, -0.15) is 0 Å². The zero-order valence-corrected chi connectivity index (χ0v) is 11.5. The summed E-state index contributed by atoms with van der Waals surface area (Å²) in [4.78, 5) is 11.8. The monoisotopic (exact) mass is 267 g/mol. The maximum Gasteiger partial charge on any atom is 0.342 e. The molecule has 0 aliphatic carbocycles. The molecular formula is C14H21NO4. The minimum Gasteiger partial charge on any atom is -0.496 e. The number of hydrogen-bond donors (Lipinski definition) is 1. The van der Waals surface area contributed by atoms with Gasteiger partial charge in [0.05, 0.1) is 13.7 Å². The van der Waals surface area contributed by atoms with Crippen molar-refractivity contribution in [1.82, 2.24) is 0 Å². The summed E-state index contributed by atoms with van der Waals surface area (Å²) in [5, 5.41) is 0. The Morgan fingerprint density at radius 3 is 2.74 bits per heavy atom. The first-order valence-electron chi connectivity index (χ1n) is 6.37. The second-order valence-electron chi connectivity index (χ2n) is 4.06. The van der Waals surface area contributed by atoms with E-state index in [9.17, 15) is 4.79 Å². The van der Waals surface area contributed by atoms with Crippen molar-refractivity contribution >= 4 is 11.7 Å². The highest BCUT2D eigenvalue weighted by molar-refractivity contribution is 5.93. The van der Waals surface area contributed by atoms with Crippen LogP contribution in [0.1, 0.15) is 30.1 Å². The maximum absolute atomic E-state index is 11.8. The average Bonchev–Trinajstić information content (AvgIpc) is 2.42. The van der Waals surface area contributed by atoms with E-state index in [2.05, 4.69) is 6.92 Å². The molecule has 0 aliphatic heterocycles. The number of hydrogen-bond acceptors (Lipinski definition) is 5. The molecule has 5 heteroatoms. The minimum absolute atomic E-state index is 0.232. The van der Waals surface area contributed by atoms with E-state index in [0.29, 0.717) is 30.2 Å². The number of carbonyl (C=O) groups excluding carboxylic acids is 1. The van der Waals surface area contributed by atoms with E-state index in [0.717, 1.165) is 12.8 Å². The van der Waals surface area contributed by atoms with Crippen LogP contribution in [0, 0.1) is 0 Å². The first-order valence-corrected chi connectivity index (χ1v) is 6.37. The lowest BCUT2D eigenvalue weighted by Crippen LogP contribution is -2.12. The van der Waals surface area contributed by atoms with Gasteiger partial charge in [-0.05, 0) is 18.6 Å². The minimum atomic E-state index is -0.434. The molecule has 19 heavy (non-hydrogen) atoms. The normalized spacial score (nSPS) is 10.2. The van der Waals surface area contributed by atoms with Gasteiger partial charge in [0.15, 0.2) is 0 Å². The van der Waals surface area contributed by atoms with Gasteiger partial charge in [0, 0.05) is 18.4 Å². The molecule has 0 unspecified atom stereocenters. The Kier molecular flexibility index (Phi) is 6.74. The molecule has 0 amide bonds. The van der Waals surface area contributed by atoms with E-state index in [1.807, 2.05) is 0 Å². The predicted octanol–water partition coefficient (Wildman–Crippen LogP) is 2.25. The SMILES string of the molecule is CCCCOCCOC(=O)c1ccc(N)cc1OC. The van der Waals surface area contributed by atoms with E-state index in [-0.39, 0.29) is 6.61 Å². The summed E-state index contributed by atoms with van der Waals surface area (Å²) in [6.07, 6.45) is 2.10. The Balaban J connectivity index is 2.41. The van der Waals surface area contributed by atoms with Gasteiger partial charge in [0.25, 0.3) is 0 Å². The van der Waals surface area contributed by atoms with Crippen LogP contribution in [0.4, 0.5) is 5.69 Å². The highest BCUT2D eigenvalue weighted by Gasteiger charge is 2.13. The summed E-state index contributed by atoms with van der Waals surface area (Å²) in [6.45, 7) is 3.43. The first kappa shape index (κ1) is 15.3. The van der Waals surface area contributed by atoms with Crippen LogP contribution in [0.15, 0.2) is 18.2 Å². The van der Waals surface area contributed by atoms with E-state index in [4.69, 9.17) is 19.9 Å². The van der Waals surface area contributed by atoms with Crippen LogP contribution in [0.25, 0.3) is 0 Å². The summed E-state index contributed by atoms with van der Waals surface area (Å²) >= 11 is 0. The smallest absolute Gasteiger partial charge is 0.342 e. The van der Waals surface area contributed by atoms with Crippen molar-refractivity contribution in [3.05, 3.63) is 23.8 Å². The van der Waals surface area contributed by atoms with Gasteiger partial charge in [0.2, 0.25) is 0 Å². The molecule has 0 aromatic heterocycles. The van der Waals surface area contributed by atoms with Gasteiger partial charge < -0.3 is 19.9 Å². The number of ether oxygens (including phenoxy) is 3. The number of esters is 1. The van der Waals surface area contributed by atoms with Crippen molar-refractivity contribution in [3.8, 4) is 5.75 Å². The molecular weight excluding hydrogens is 246 g/mol. The zero-order chi connectivity index (χ0) is 14.1. The molecule has 0 bridgehead atoms. The largest absolute Gasteiger partial charge is 0.496 e. The quantitative estimate of drug-likeness (QED) is 0.444. The fraction of sp³-hybridized carbons (Fsp3) is 0.500. The Morgan fingerprint density at radius 1 is 1.26 bits per heavy atom. The molecule has 1 rings (SSSR count). The molecule has 0 spiro atoms. The molecule has 1 aromatic rings. The Hall–Kier alpha value is -1.75. The molecule has 2 N–H and O–H groups in total. The molecule has 0 radical (unpaired) electrons. The maximum atomic E-state index is 11.8. The van der Waals surface area contributed by atoms with Crippen molar-refractivity contribution in [3.63, 3.8) is 0 Å². The van der Waals surface area contributed by atoms with Crippen LogP contribution in [0.2, 0.25) is 0 Å². The highest BCUT2D eigenvalue weighted by Crippen LogP contribution is 2.22. The van der Waals surface area contributed by atoms with E-state index < -0.39 is 5.97 Å². The lowest BCUT2D eigenvalue weighted by atomic mass is 10.2. The molecule has 106 valence electrons. The molecule has 0 fully saturated rings. The number of nitrogen functional groups attached to an aromatic ring is 1. The third-order valence-electron chi connectivity index (χ3n) is 2.55. The Morgan fingerprint density at radius 2 is 2.05 bits per heavy atom. The summed E-state index contributed by atoms with van der Waals surface area (Å²) in [5.41, 5.74) is 6.52. The number of rotatable bonds is 8. The number of methoxy groups -OCH3 is 1. The second kappa shape index (κ2) is 8.37. The molecule has 0 aliphatic rings. The van der Waals surface area contributed by atoms with Crippen LogP contribution >= 0.6 is 0 Å². The van der Waals surface area contributed by atoms with Gasteiger partial charge in [-0.3, -0.25) is 0 Å². The fourth-order valence-corrected chi connectivity index (χ4v) is 1.50.